The van der Waals surface area contributed by atoms with Crippen molar-refractivity contribution in [3.05, 3.63) is 86.1 Å². The van der Waals surface area contributed by atoms with E-state index in [2.05, 4.69) is 18.8 Å². The van der Waals surface area contributed by atoms with E-state index in [4.69, 9.17) is 4.98 Å². The van der Waals surface area contributed by atoms with Gasteiger partial charge in [0.2, 0.25) is 0 Å². The zero-order valence-corrected chi connectivity index (χ0v) is 21.3. The fourth-order valence-electron chi connectivity index (χ4n) is 4.89. The lowest BCUT2D eigenvalue weighted by Gasteiger charge is -2.14. The first-order valence-corrected chi connectivity index (χ1v) is 13.7. The van der Waals surface area contributed by atoms with Gasteiger partial charge in [0.25, 0.3) is 5.56 Å². The minimum absolute atomic E-state index is 0.0129. The summed E-state index contributed by atoms with van der Waals surface area (Å²) in [6.07, 6.45) is 5.99. The van der Waals surface area contributed by atoms with Gasteiger partial charge in [-0.3, -0.25) is 14.2 Å². The van der Waals surface area contributed by atoms with Gasteiger partial charge in [-0.1, -0.05) is 36.0 Å². The van der Waals surface area contributed by atoms with E-state index in [1.165, 1.54) is 27.8 Å². The lowest BCUT2D eigenvalue weighted by molar-refractivity contribution is 0.102. The normalized spacial score (nSPS) is 13.4. The van der Waals surface area contributed by atoms with Crippen molar-refractivity contribution >= 4 is 50.0 Å². The number of H-pyrrole nitrogens is 1. The van der Waals surface area contributed by atoms with E-state index in [9.17, 15) is 9.59 Å². The van der Waals surface area contributed by atoms with Gasteiger partial charge in [0.1, 0.15) is 4.83 Å². The second-order valence-electron chi connectivity index (χ2n) is 9.15. The number of hydrogen-bond acceptors (Lipinski definition) is 5. The molecule has 1 aliphatic carbocycles. The number of thiophene rings is 1. The molecule has 0 atom stereocenters. The molecule has 176 valence electrons. The third-order valence-corrected chi connectivity index (χ3v) is 9.05. The number of para-hydroxylation sites is 1. The van der Waals surface area contributed by atoms with Crippen molar-refractivity contribution in [1.29, 1.82) is 0 Å². The van der Waals surface area contributed by atoms with E-state index in [-0.39, 0.29) is 17.1 Å². The molecule has 2 aromatic carbocycles. The molecule has 1 N–H and O–H groups in total. The van der Waals surface area contributed by atoms with Crippen LogP contribution in [0.5, 0.6) is 0 Å². The molecule has 1 aliphatic rings. The Morgan fingerprint density at radius 3 is 2.80 bits per heavy atom. The van der Waals surface area contributed by atoms with Crippen LogP contribution in [0.2, 0.25) is 0 Å². The van der Waals surface area contributed by atoms with Crippen LogP contribution in [0.25, 0.3) is 26.8 Å². The number of aromatic nitrogens is 3. The van der Waals surface area contributed by atoms with Gasteiger partial charge in [-0.2, -0.15) is 0 Å². The molecular weight excluding hydrogens is 474 g/mol. The minimum atomic E-state index is -0.0281. The summed E-state index contributed by atoms with van der Waals surface area (Å²) in [6, 6.07) is 13.8. The van der Waals surface area contributed by atoms with E-state index in [1.54, 1.807) is 22.1 Å². The van der Waals surface area contributed by atoms with Gasteiger partial charge >= 0.3 is 0 Å². The first-order chi connectivity index (χ1) is 17.0. The van der Waals surface area contributed by atoms with E-state index in [1.807, 2.05) is 42.5 Å². The lowest BCUT2D eigenvalue weighted by Crippen LogP contribution is -2.23. The van der Waals surface area contributed by atoms with Crippen molar-refractivity contribution < 1.29 is 4.79 Å². The first kappa shape index (κ1) is 22.3. The molecule has 0 saturated carbocycles. The van der Waals surface area contributed by atoms with Crippen LogP contribution in [0.1, 0.15) is 44.8 Å². The molecular formula is C28H25N3O2S2. The van der Waals surface area contributed by atoms with Crippen molar-refractivity contribution in [2.45, 2.75) is 44.7 Å². The van der Waals surface area contributed by atoms with Crippen LogP contribution in [0.4, 0.5) is 0 Å². The maximum atomic E-state index is 14.0. The number of aromatic amines is 1. The number of Topliss-reactive ketones (excluding diaryl/α,β-unsaturated/α-hetero) is 1. The summed E-state index contributed by atoms with van der Waals surface area (Å²) in [4.78, 5) is 37.4. The molecule has 0 amide bonds. The number of aryl methyl sites for hydroxylation is 4. The first-order valence-electron chi connectivity index (χ1n) is 11.9. The van der Waals surface area contributed by atoms with Crippen molar-refractivity contribution in [2.24, 2.45) is 0 Å². The summed E-state index contributed by atoms with van der Waals surface area (Å²) in [5.74, 6) is 0.217. The standard InChI is InChI=1S/C28H25N3O2S2/c1-16-11-12-18(13-17(16)2)31-27(33)25-20-8-4-6-10-24(20)35-26(25)30-28(31)34-15-23(32)21-14-29-22-9-5-3-7-19(21)22/h3,5,7,9,11-14,29H,4,6,8,10,15H2,1-2H3. The number of carbonyl (C=O) groups is 1. The summed E-state index contributed by atoms with van der Waals surface area (Å²) < 4.78 is 1.71. The average Bonchev–Trinajstić information content (AvgIpc) is 3.46. The quantitative estimate of drug-likeness (QED) is 0.173. The molecule has 0 radical (unpaired) electrons. The van der Waals surface area contributed by atoms with Crippen LogP contribution in [0.15, 0.2) is 58.6 Å². The minimum Gasteiger partial charge on any atom is -0.360 e. The molecule has 0 spiro atoms. The lowest BCUT2D eigenvalue weighted by atomic mass is 9.97. The van der Waals surface area contributed by atoms with Crippen LogP contribution in [0.3, 0.4) is 0 Å². The SMILES string of the molecule is Cc1ccc(-n2c(SCC(=O)c3c[nH]c4ccccc34)nc3sc4c(c3c2=O)CCCC4)cc1C. The number of benzene rings is 2. The number of nitrogens with one attached hydrogen (secondary N) is 1. The summed E-state index contributed by atoms with van der Waals surface area (Å²) in [7, 11) is 0. The number of ketones is 1. The highest BCUT2D eigenvalue weighted by Gasteiger charge is 2.24. The number of thioether (sulfide) groups is 1. The summed E-state index contributed by atoms with van der Waals surface area (Å²) in [5.41, 5.74) is 5.85. The number of hydrogen-bond donors (Lipinski definition) is 1. The second-order valence-corrected chi connectivity index (χ2v) is 11.2. The van der Waals surface area contributed by atoms with E-state index >= 15 is 0 Å². The summed E-state index contributed by atoms with van der Waals surface area (Å²) in [5, 5.41) is 2.24. The fraction of sp³-hybridized carbons (Fsp3) is 0.250. The molecule has 7 heteroatoms. The maximum Gasteiger partial charge on any atom is 0.267 e. The van der Waals surface area contributed by atoms with Crippen molar-refractivity contribution in [1.82, 2.24) is 14.5 Å². The molecule has 0 fully saturated rings. The fourth-order valence-corrected chi connectivity index (χ4v) is 7.08. The van der Waals surface area contributed by atoms with Gasteiger partial charge in [-0.25, -0.2) is 4.98 Å². The molecule has 5 nitrogen and oxygen atoms in total. The number of rotatable bonds is 5. The van der Waals surface area contributed by atoms with Crippen molar-refractivity contribution in [3.8, 4) is 5.69 Å². The van der Waals surface area contributed by atoms with Gasteiger partial charge in [0.05, 0.1) is 16.8 Å². The van der Waals surface area contributed by atoms with Gasteiger partial charge in [-0.15, -0.1) is 11.3 Å². The van der Waals surface area contributed by atoms with Gasteiger partial charge in [-0.05, 0) is 74.4 Å². The van der Waals surface area contributed by atoms with Crippen molar-refractivity contribution in [3.63, 3.8) is 0 Å². The highest BCUT2D eigenvalue weighted by molar-refractivity contribution is 7.99. The number of carbonyl (C=O) groups excluding carboxylic acids is 1. The van der Waals surface area contributed by atoms with Crippen LogP contribution in [-0.4, -0.2) is 26.1 Å². The van der Waals surface area contributed by atoms with E-state index in [0.717, 1.165) is 58.1 Å². The Kier molecular flexibility index (Phi) is 5.61. The average molecular weight is 500 g/mol. The maximum absolute atomic E-state index is 14.0. The third kappa shape index (κ3) is 3.83. The smallest absolute Gasteiger partial charge is 0.267 e. The summed E-state index contributed by atoms with van der Waals surface area (Å²) in [6.45, 7) is 4.11. The summed E-state index contributed by atoms with van der Waals surface area (Å²) >= 11 is 2.98. The third-order valence-electron chi connectivity index (χ3n) is 6.93. The van der Waals surface area contributed by atoms with E-state index in [0.29, 0.717) is 10.7 Å². The molecule has 6 rings (SSSR count). The predicted octanol–water partition coefficient (Wildman–Crippen LogP) is 6.40. The van der Waals surface area contributed by atoms with E-state index < -0.39 is 0 Å². The topological polar surface area (TPSA) is 67.8 Å². The van der Waals surface area contributed by atoms with Crippen LogP contribution < -0.4 is 5.56 Å². The Morgan fingerprint density at radius 2 is 1.94 bits per heavy atom. The largest absolute Gasteiger partial charge is 0.360 e. The Labute approximate surface area is 211 Å². The monoisotopic (exact) mass is 499 g/mol. The molecule has 0 bridgehead atoms. The predicted molar refractivity (Wildman–Crippen MR) is 145 cm³/mol. The molecule has 5 aromatic rings. The zero-order chi connectivity index (χ0) is 24.1. The van der Waals surface area contributed by atoms with Crippen molar-refractivity contribution in [2.75, 3.05) is 5.75 Å². The molecule has 0 unspecified atom stereocenters. The number of fused-ring (bicyclic) bond motifs is 4. The van der Waals surface area contributed by atoms with Gasteiger partial charge in [0, 0.05) is 27.5 Å². The van der Waals surface area contributed by atoms with Crippen LogP contribution in [-0.2, 0) is 12.8 Å². The molecule has 3 heterocycles. The second kappa shape index (κ2) is 8.81. The van der Waals surface area contributed by atoms with Crippen LogP contribution in [0, 0.1) is 13.8 Å². The Hall–Kier alpha value is -3.16. The Bertz CT molecular complexity index is 1680. The highest BCUT2D eigenvalue weighted by atomic mass is 32.2. The Balaban J connectivity index is 1.45. The molecule has 3 aromatic heterocycles. The molecule has 35 heavy (non-hydrogen) atoms. The van der Waals surface area contributed by atoms with Gasteiger partial charge in [0.15, 0.2) is 10.9 Å². The number of nitrogens with zero attached hydrogens (tertiary/aromatic N) is 2. The molecule has 0 aliphatic heterocycles. The van der Waals surface area contributed by atoms with Gasteiger partial charge < -0.3 is 4.98 Å². The zero-order valence-electron chi connectivity index (χ0n) is 19.7. The highest BCUT2D eigenvalue weighted by Crippen LogP contribution is 2.35. The molecule has 0 saturated heterocycles. The van der Waals surface area contributed by atoms with Crippen LogP contribution >= 0.6 is 23.1 Å². The Morgan fingerprint density at radius 1 is 1.11 bits per heavy atom.